The summed E-state index contributed by atoms with van der Waals surface area (Å²) >= 11 is 5.93. The van der Waals surface area contributed by atoms with Crippen molar-refractivity contribution in [3.63, 3.8) is 0 Å². The van der Waals surface area contributed by atoms with E-state index >= 15 is 0 Å². The van der Waals surface area contributed by atoms with E-state index in [0.717, 1.165) is 5.56 Å². The second-order valence-electron chi connectivity index (χ2n) is 4.27. The van der Waals surface area contributed by atoms with Gasteiger partial charge >= 0.3 is 0 Å². The molecule has 0 spiro atoms. The highest BCUT2D eigenvalue weighted by molar-refractivity contribution is 6.30. The molecule has 0 aliphatic rings. The smallest absolute Gasteiger partial charge is 0.240 e. The molecule has 0 N–H and O–H groups in total. The quantitative estimate of drug-likeness (QED) is 0.836. The van der Waals surface area contributed by atoms with Crippen molar-refractivity contribution in [1.82, 2.24) is 4.90 Å². The lowest BCUT2D eigenvalue weighted by molar-refractivity contribution is -0.134. The topological polar surface area (TPSA) is 44.1 Å². The average Bonchev–Trinajstić information content (AvgIpc) is 2.38. The van der Waals surface area contributed by atoms with Crippen molar-refractivity contribution in [2.45, 2.75) is 26.3 Å². The molecule has 1 rings (SSSR count). The van der Waals surface area contributed by atoms with E-state index in [1.165, 1.54) is 0 Å². The van der Waals surface area contributed by atoms with Crippen molar-refractivity contribution in [3.05, 3.63) is 34.9 Å². The van der Waals surface area contributed by atoms with Gasteiger partial charge in [0, 0.05) is 12.1 Å². The van der Waals surface area contributed by atoms with Crippen LogP contribution in [0.4, 0.5) is 0 Å². The highest BCUT2D eigenvalue weighted by atomic mass is 35.5. The second kappa shape index (κ2) is 6.42. The lowest BCUT2D eigenvalue weighted by atomic mass is 10.0. The Morgan fingerprint density at radius 2 is 2.22 bits per heavy atom. The van der Waals surface area contributed by atoms with E-state index in [0.29, 0.717) is 11.4 Å². The molecule has 1 aromatic rings. The van der Waals surface area contributed by atoms with Gasteiger partial charge in [-0.25, -0.2) is 0 Å². The first-order chi connectivity index (χ1) is 8.51. The number of carbonyl (C=O) groups is 1. The van der Waals surface area contributed by atoms with E-state index in [4.69, 9.17) is 16.9 Å². The van der Waals surface area contributed by atoms with E-state index in [9.17, 15) is 4.79 Å². The number of carbonyl (C=O) groups excluding carboxylic acids is 1. The van der Waals surface area contributed by atoms with Gasteiger partial charge < -0.3 is 4.90 Å². The third-order valence-electron chi connectivity index (χ3n) is 3.12. The SMILES string of the molecule is CCC(C#N)C(=O)N(C)C(C)c1cccc(Cl)c1. The van der Waals surface area contributed by atoms with Crippen LogP contribution in [0.1, 0.15) is 31.9 Å². The van der Waals surface area contributed by atoms with Gasteiger partial charge in [0.2, 0.25) is 5.91 Å². The largest absolute Gasteiger partial charge is 0.338 e. The monoisotopic (exact) mass is 264 g/mol. The molecular formula is C14H17ClN2O. The van der Waals surface area contributed by atoms with Crippen LogP contribution >= 0.6 is 11.6 Å². The van der Waals surface area contributed by atoms with Crippen LogP contribution in [0.25, 0.3) is 0 Å². The van der Waals surface area contributed by atoms with E-state index in [-0.39, 0.29) is 11.9 Å². The van der Waals surface area contributed by atoms with Gasteiger partial charge in [-0.05, 0) is 31.0 Å². The zero-order chi connectivity index (χ0) is 13.7. The summed E-state index contributed by atoms with van der Waals surface area (Å²) in [5.41, 5.74) is 0.964. The van der Waals surface area contributed by atoms with Crippen LogP contribution in [0, 0.1) is 17.2 Å². The van der Waals surface area contributed by atoms with Crippen molar-refractivity contribution < 1.29 is 4.79 Å². The number of amides is 1. The molecule has 0 bridgehead atoms. The number of rotatable bonds is 4. The van der Waals surface area contributed by atoms with Gasteiger partial charge in [-0.15, -0.1) is 0 Å². The van der Waals surface area contributed by atoms with Gasteiger partial charge in [0.05, 0.1) is 12.1 Å². The summed E-state index contributed by atoms with van der Waals surface area (Å²) in [7, 11) is 1.72. The van der Waals surface area contributed by atoms with Crippen LogP contribution < -0.4 is 0 Å². The first-order valence-corrected chi connectivity index (χ1v) is 6.30. The molecule has 18 heavy (non-hydrogen) atoms. The van der Waals surface area contributed by atoms with Crippen LogP contribution in [0.5, 0.6) is 0 Å². The minimum Gasteiger partial charge on any atom is -0.338 e. The van der Waals surface area contributed by atoms with E-state index in [1.54, 1.807) is 18.0 Å². The fourth-order valence-electron chi connectivity index (χ4n) is 1.75. The normalized spacial score (nSPS) is 13.5. The highest BCUT2D eigenvalue weighted by Crippen LogP contribution is 2.23. The van der Waals surface area contributed by atoms with Crippen molar-refractivity contribution in [2.75, 3.05) is 7.05 Å². The van der Waals surface area contributed by atoms with E-state index in [1.807, 2.05) is 38.1 Å². The Kier molecular flexibility index (Phi) is 5.18. The second-order valence-corrected chi connectivity index (χ2v) is 4.71. The maximum absolute atomic E-state index is 12.1. The standard InChI is InChI=1S/C14H17ClN2O/c1-4-11(9-16)14(18)17(3)10(2)12-6-5-7-13(15)8-12/h5-8,10-11H,4H2,1-3H3. The van der Waals surface area contributed by atoms with E-state index in [2.05, 4.69) is 0 Å². The summed E-state index contributed by atoms with van der Waals surface area (Å²) < 4.78 is 0. The molecule has 3 nitrogen and oxygen atoms in total. The highest BCUT2D eigenvalue weighted by Gasteiger charge is 2.24. The number of benzene rings is 1. The maximum Gasteiger partial charge on any atom is 0.240 e. The first kappa shape index (κ1) is 14.5. The summed E-state index contributed by atoms with van der Waals surface area (Å²) in [5.74, 6) is -0.718. The third-order valence-corrected chi connectivity index (χ3v) is 3.36. The van der Waals surface area contributed by atoms with Crippen molar-refractivity contribution in [2.24, 2.45) is 5.92 Å². The molecule has 2 atom stereocenters. The predicted octanol–water partition coefficient (Wildman–Crippen LogP) is 3.41. The molecule has 0 fully saturated rings. The van der Waals surface area contributed by atoms with Gasteiger partial charge in [0.1, 0.15) is 5.92 Å². The fourth-order valence-corrected chi connectivity index (χ4v) is 1.95. The van der Waals surface area contributed by atoms with Crippen molar-refractivity contribution >= 4 is 17.5 Å². The summed E-state index contributed by atoms with van der Waals surface area (Å²) in [6.45, 7) is 3.76. The predicted molar refractivity (Wildman–Crippen MR) is 72.0 cm³/mol. The Hall–Kier alpha value is -1.53. The Labute approximate surface area is 113 Å². The minimum absolute atomic E-state index is 0.0985. The zero-order valence-corrected chi connectivity index (χ0v) is 11.6. The molecule has 1 aromatic carbocycles. The zero-order valence-electron chi connectivity index (χ0n) is 10.9. The Balaban J connectivity index is 2.87. The molecule has 1 amide bonds. The average molecular weight is 265 g/mol. The molecule has 0 aliphatic heterocycles. The molecule has 0 saturated heterocycles. The lowest BCUT2D eigenvalue weighted by Gasteiger charge is -2.27. The molecule has 0 heterocycles. The van der Waals surface area contributed by atoms with Gasteiger partial charge in [-0.1, -0.05) is 30.7 Å². The summed E-state index contributed by atoms with van der Waals surface area (Å²) in [4.78, 5) is 13.7. The number of nitrogens with zero attached hydrogens (tertiary/aromatic N) is 2. The van der Waals surface area contributed by atoms with Gasteiger partial charge in [0.25, 0.3) is 0 Å². The summed E-state index contributed by atoms with van der Waals surface area (Å²) in [6, 6.07) is 9.35. The number of hydrogen-bond donors (Lipinski definition) is 0. The Morgan fingerprint density at radius 1 is 1.56 bits per heavy atom. The number of nitriles is 1. The Morgan fingerprint density at radius 3 is 2.72 bits per heavy atom. The summed E-state index contributed by atoms with van der Waals surface area (Å²) in [6.07, 6.45) is 0.530. The first-order valence-electron chi connectivity index (χ1n) is 5.93. The van der Waals surface area contributed by atoms with Crippen molar-refractivity contribution in [1.29, 1.82) is 5.26 Å². The van der Waals surface area contributed by atoms with Crippen LogP contribution in [0.15, 0.2) is 24.3 Å². The molecule has 0 aromatic heterocycles. The van der Waals surface area contributed by atoms with Gasteiger partial charge in [-0.3, -0.25) is 4.79 Å². The van der Waals surface area contributed by atoms with Crippen LogP contribution in [0.2, 0.25) is 5.02 Å². The van der Waals surface area contributed by atoms with Crippen LogP contribution in [-0.4, -0.2) is 17.9 Å². The lowest BCUT2D eigenvalue weighted by Crippen LogP contribution is -2.34. The molecule has 4 heteroatoms. The van der Waals surface area contributed by atoms with Crippen molar-refractivity contribution in [3.8, 4) is 6.07 Å². The molecule has 0 saturated carbocycles. The molecule has 0 aliphatic carbocycles. The maximum atomic E-state index is 12.1. The summed E-state index contributed by atoms with van der Waals surface area (Å²) in [5, 5.41) is 9.57. The molecular weight excluding hydrogens is 248 g/mol. The molecule has 96 valence electrons. The third kappa shape index (κ3) is 3.24. The van der Waals surface area contributed by atoms with Gasteiger partial charge in [-0.2, -0.15) is 5.26 Å². The van der Waals surface area contributed by atoms with Crippen LogP contribution in [-0.2, 0) is 4.79 Å². The fraction of sp³-hybridized carbons (Fsp3) is 0.429. The number of hydrogen-bond acceptors (Lipinski definition) is 2. The number of halogens is 1. The molecule has 0 radical (unpaired) electrons. The van der Waals surface area contributed by atoms with E-state index < -0.39 is 5.92 Å². The molecule has 2 unspecified atom stereocenters. The minimum atomic E-state index is -0.573. The van der Waals surface area contributed by atoms with Gasteiger partial charge in [0.15, 0.2) is 0 Å². The van der Waals surface area contributed by atoms with Crippen LogP contribution in [0.3, 0.4) is 0 Å². The Bertz CT molecular complexity index is 467.